The van der Waals surface area contributed by atoms with Crippen molar-refractivity contribution in [3.63, 3.8) is 0 Å². The van der Waals surface area contributed by atoms with Crippen LogP contribution in [0.15, 0.2) is 4.99 Å². The van der Waals surface area contributed by atoms with Crippen molar-refractivity contribution in [2.75, 3.05) is 33.4 Å². The highest BCUT2D eigenvalue weighted by atomic mass is 127. The Morgan fingerprint density at radius 2 is 2.00 bits per heavy atom. The fourth-order valence-corrected chi connectivity index (χ4v) is 2.52. The molecule has 0 aromatic rings. The molecule has 1 fully saturated rings. The van der Waals surface area contributed by atoms with Gasteiger partial charge in [0.25, 0.3) is 0 Å². The molecule has 21 heavy (non-hydrogen) atoms. The van der Waals surface area contributed by atoms with Crippen LogP contribution in [0.2, 0.25) is 0 Å². The van der Waals surface area contributed by atoms with Crippen LogP contribution < -0.4 is 10.6 Å². The molecule has 0 unspecified atom stereocenters. The lowest BCUT2D eigenvalue weighted by Crippen LogP contribution is -2.46. The van der Waals surface area contributed by atoms with E-state index < -0.39 is 0 Å². The van der Waals surface area contributed by atoms with Crippen LogP contribution in [0.3, 0.4) is 0 Å². The maximum absolute atomic E-state index is 5.57. The molecule has 4 nitrogen and oxygen atoms in total. The first-order valence-electron chi connectivity index (χ1n) is 8.14. The average molecular weight is 411 g/mol. The van der Waals surface area contributed by atoms with Crippen molar-refractivity contribution in [2.45, 2.75) is 52.9 Å². The highest BCUT2D eigenvalue weighted by molar-refractivity contribution is 14.0. The van der Waals surface area contributed by atoms with Gasteiger partial charge < -0.3 is 15.4 Å². The molecule has 1 aliphatic rings. The van der Waals surface area contributed by atoms with Crippen LogP contribution in [-0.4, -0.2) is 39.3 Å². The van der Waals surface area contributed by atoms with Gasteiger partial charge in [0.15, 0.2) is 5.96 Å². The number of nitrogens with zero attached hydrogens (tertiary/aromatic N) is 1. The smallest absolute Gasteiger partial charge is 0.190 e. The van der Waals surface area contributed by atoms with E-state index in [1.165, 1.54) is 25.7 Å². The number of guanidine groups is 1. The van der Waals surface area contributed by atoms with Gasteiger partial charge in [0, 0.05) is 33.4 Å². The number of aliphatic imine (C=N–C) groups is 1. The van der Waals surface area contributed by atoms with Gasteiger partial charge in [-0.15, -0.1) is 24.0 Å². The summed E-state index contributed by atoms with van der Waals surface area (Å²) in [6.45, 7) is 10.3. The molecule has 0 saturated heterocycles. The second kappa shape index (κ2) is 11.5. The lowest BCUT2D eigenvalue weighted by atomic mass is 9.67. The monoisotopic (exact) mass is 411 g/mol. The quantitative estimate of drug-likeness (QED) is 0.265. The van der Waals surface area contributed by atoms with E-state index in [-0.39, 0.29) is 24.0 Å². The Hall–Kier alpha value is -0.0400. The Kier molecular flexibility index (Phi) is 11.5. The van der Waals surface area contributed by atoms with E-state index in [9.17, 15) is 0 Å². The van der Waals surface area contributed by atoms with Crippen molar-refractivity contribution in [3.05, 3.63) is 0 Å². The van der Waals surface area contributed by atoms with Crippen molar-refractivity contribution in [3.8, 4) is 0 Å². The summed E-state index contributed by atoms with van der Waals surface area (Å²) < 4.78 is 5.57. The summed E-state index contributed by atoms with van der Waals surface area (Å²) in [5.41, 5.74) is 0.526. The van der Waals surface area contributed by atoms with Gasteiger partial charge in [0.1, 0.15) is 0 Å². The summed E-state index contributed by atoms with van der Waals surface area (Å²) in [7, 11) is 1.84. The van der Waals surface area contributed by atoms with E-state index >= 15 is 0 Å². The summed E-state index contributed by atoms with van der Waals surface area (Å²) in [6.07, 6.45) is 6.38. The molecule has 0 aliphatic heterocycles. The van der Waals surface area contributed by atoms with E-state index in [0.29, 0.717) is 11.3 Å². The third kappa shape index (κ3) is 8.24. The number of ether oxygens (including phenoxy) is 1. The Balaban J connectivity index is 0.00000400. The first-order chi connectivity index (χ1) is 9.62. The second-order valence-electron chi connectivity index (χ2n) is 6.38. The molecule has 0 amide bonds. The summed E-state index contributed by atoms with van der Waals surface area (Å²) in [6, 6.07) is 0. The van der Waals surface area contributed by atoms with Crippen LogP contribution in [-0.2, 0) is 4.74 Å². The maximum Gasteiger partial charge on any atom is 0.190 e. The van der Waals surface area contributed by atoms with E-state index in [1.807, 2.05) is 7.05 Å². The molecule has 0 bridgehead atoms. The van der Waals surface area contributed by atoms with Crippen molar-refractivity contribution in [1.82, 2.24) is 10.6 Å². The minimum Gasteiger partial charge on any atom is -0.381 e. The number of rotatable bonds is 9. The van der Waals surface area contributed by atoms with Crippen LogP contribution >= 0.6 is 24.0 Å². The summed E-state index contributed by atoms with van der Waals surface area (Å²) >= 11 is 0. The number of hydrogen-bond acceptors (Lipinski definition) is 2. The standard InChI is InChI=1S/C16H33N3O.HI/c1-5-16(8-6-9-16)13-19-15(17-4)18-10-7-11-20-12-14(2)3;/h14H,5-13H2,1-4H3,(H2,17,18,19);1H. The molecule has 1 saturated carbocycles. The highest BCUT2D eigenvalue weighted by Crippen LogP contribution is 2.42. The molecule has 1 aliphatic carbocycles. The van der Waals surface area contributed by atoms with Gasteiger partial charge in [-0.05, 0) is 37.0 Å². The van der Waals surface area contributed by atoms with Crippen molar-refractivity contribution < 1.29 is 4.74 Å². The Morgan fingerprint density at radius 3 is 2.48 bits per heavy atom. The third-order valence-corrected chi connectivity index (χ3v) is 4.23. The lowest BCUT2D eigenvalue weighted by Gasteiger charge is -2.41. The zero-order chi connectivity index (χ0) is 14.8. The molecule has 0 atom stereocenters. The van der Waals surface area contributed by atoms with Crippen LogP contribution in [0.4, 0.5) is 0 Å². The number of halogens is 1. The van der Waals surface area contributed by atoms with Crippen molar-refractivity contribution >= 4 is 29.9 Å². The molecule has 5 heteroatoms. The van der Waals surface area contributed by atoms with E-state index in [2.05, 4.69) is 36.4 Å². The molecule has 0 radical (unpaired) electrons. The predicted molar refractivity (Wildman–Crippen MR) is 102 cm³/mol. The maximum atomic E-state index is 5.57. The molecule has 0 aromatic carbocycles. The van der Waals surface area contributed by atoms with Crippen molar-refractivity contribution in [1.29, 1.82) is 0 Å². The summed E-state index contributed by atoms with van der Waals surface area (Å²) in [4.78, 5) is 4.28. The molecule has 2 N–H and O–H groups in total. The topological polar surface area (TPSA) is 45.7 Å². The minimum atomic E-state index is 0. The fourth-order valence-electron chi connectivity index (χ4n) is 2.52. The molecule has 0 aromatic heterocycles. The first kappa shape index (κ1) is 21.0. The Labute approximate surface area is 147 Å². The van der Waals surface area contributed by atoms with E-state index in [1.54, 1.807) is 0 Å². The van der Waals surface area contributed by atoms with Crippen LogP contribution in [0.5, 0.6) is 0 Å². The first-order valence-corrected chi connectivity index (χ1v) is 8.14. The van der Waals surface area contributed by atoms with Gasteiger partial charge in [0.05, 0.1) is 0 Å². The van der Waals surface area contributed by atoms with Crippen LogP contribution in [0.25, 0.3) is 0 Å². The second-order valence-corrected chi connectivity index (χ2v) is 6.38. The zero-order valence-corrected chi connectivity index (χ0v) is 16.5. The molecule has 126 valence electrons. The predicted octanol–water partition coefficient (Wildman–Crippen LogP) is 3.41. The minimum absolute atomic E-state index is 0. The summed E-state index contributed by atoms with van der Waals surface area (Å²) in [5, 5.41) is 6.83. The highest BCUT2D eigenvalue weighted by Gasteiger charge is 2.34. The summed E-state index contributed by atoms with van der Waals surface area (Å²) in [5.74, 6) is 1.54. The fraction of sp³-hybridized carbons (Fsp3) is 0.938. The number of hydrogen-bond donors (Lipinski definition) is 2. The van der Waals surface area contributed by atoms with Crippen LogP contribution in [0.1, 0.15) is 52.9 Å². The average Bonchev–Trinajstić information content (AvgIpc) is 2.39. The SMILES string of the molecule is CCC1(CNC(=NC)NCCCOCC(C)C)CCC1.I. The molecule has 1 rings (SSSR count). The lowest BCUT2D eigenvalue weighted by molar-refractivity contribution is 0.108. The van der Waals surface area contributed by atoms with E-state index in [4.69, 9.17) is 4.74 Å². The molecule has 0 heterocycles. The zero-order valence-electron chi connectivity index (χ0n) is 14.2. The van der Waals surface area contributed by atoms with Gasteiger partial charge in [-0.25, -0.2) is 0 Å². The van der Waals surface area contributed by atoms with Gasteiger partial charge in [-0.2, -0.15) is 0 Å². The van der Waals surface area contributed by atoms with Crippen molar-refractivity contribution in [2.24, 2.45) is 16.3 Å². The third-order valence-electron chi connectivity index (χ3n) is 4.23. The van der Waals surface area contributed by atoms with Crippen LogP contribution in [0, 0.1) is 11.3 Å². The molecular weight excluding hydrogens is 377 g/mol. The van der Waals surface area contributed by atoms with Gasteiger partial charge in [0.2, 0.25) is 0 Å². The van der Waals surface area contributed by atoms with Gasteiger partial charge in [-0.3, -0.25) is 4.99 Å². The van der Waals surface area contributed by atoms with Gasteiger partial charge >= 0.3 is 0 Å². The van der Waals surface area contributed by atoms with E-state index in [0.717, 1.165) is 38.7 Å². The molecule has 0 spiro atoms. The largest absolute Gasteiger partial charge is 0.381 e. The normalized spacial score (nSPS) is 17.1. The Morgan fingerprint density at radius 1 is 1.29 bits per heavy atom. The molecular formula is C16H34IN3O. The van der Waals surface area contributed by atoms with Gasteiger partial charge in [-0.1, -0.05) is 27.2 Å². The number of nitrogens with one attached hydrogen (secondary N) is 2. The Bertz CT molecular complexity index is 286.